The van der Waals surface area contributed by atoms with Crippen molar-refractivity contribution < 1.29 is 9.53 Å². The summed E-state index contributed by atoms with van der Waals surface area (Å²) in [6, 6.07) is 26.7. The number of carbonyl (C=O) groups excluding carboxylic acids is 1. The predicted octanol–water partition coefficient (Wildman–Crippen LogP) is 5.78. The summed E-state index contributed by atoms with van der Waals surface area (Å²) in [5.41, 5.74) is 11.3. The number of anilines is 2. The lowest BCUT2D eigenvalue weighted by Gasteiger charge is -2.13. The number of nitrogens with one attached hydrogen (secondary N) is 2. The molecule has 0 aliphatic heterocycles. The highest BCUT2D eigenvalue weighted by molar-refractivity contribution is 7.79. The molecular weight excluding hydrogens is 444 g/mol. The van der Waals surface area contributed by atoms with Gasteiger partial charge in [-0.2, -0.15) is 12.6 Å². The highest BCUT2D eigenvalue weighted by Crippen LogP contribution is 2.31. The molecule has 4 N–H and O–H groups in total. The minimum absolute atomic E-state index is 0.270. The molecule has 0 fully saturated rings. The lowest BCUT2D eigenvalue weighted by molar-refractivity contribution is 0.251. The molecule has 3 aromatic carbocycles. The molecule has 0 atom stereocenters. The fourth-order valence-corrected chi connectivity index (χ4v) is 3.24. The second kappa shape index (κ2) is 12.9. The maximum Gasteiger partial charge on any atom is 0.319 e. The van der Waals surface area contributed by atoms with E-state index in [4.69, 9.17) is 10.5 Å². The summed E-state index contributed by atoms with van der Waals surface area (Å²) in [4.78, 5) is 16.1. The van der Waals surface area contributed by atoms with Gasteiger partial charge in [-0.3, -0.25) is 4.98 Å². The number of urea groups is 1. The monoisotopic (exact) mass is 472 g/mol. The molecule has 1 heterocycles. The van der Waals surface area contributed by atoms with E-state index in [9.17, 15) is 4.79 Å². The van der Waals surface area contributed by atoms with Crippen LogP contribution in [0.25, 0.3) is 11.1 Å². The first-order chi connectivity index (χ1) is 16.7. The van der Waals surface area contributed by atoms with Crippen molar-refractivity contribution >= 4 is 30.0 Å². The Balaban J connectivity index is 0.00000158. The maximum atomic E-state index is 12.1. The molecule has 4 aromatic rings. The van der Waals surface area contributed by atoms with Gasteiger partial charge in [-0.05, 0) is 59.3 Å². The van der Waals surface area contributed by atoms with E-state index in [0.29, 0.717) is 24.5 Å². The lowest BCUT2D eigenvalue weighted by atomic mass is 10.0. The van der Waals surface area contributed by atoms with Crippen molar-refractivity contribution in [1.29, 1.82) is 0 Å². The van der Waals surface area contributed by atoms with Crippen molar-refractivity contribution in [3.8, 4) is 16.9 Å². The first-order valence-electron chi connectivity index (χ1n) is 10.7. The molecule has 2 amide bonds. The zero-order valence-corrected chi connectivity index (χ0v) is 19.8. The molecule has 0 bridgehead atoms. The van der Waals surface area contributed by atoms with Crippen LogP contribution in [0.1, 0.15) is 11.1 Å². The fraction of sp³-hybridized carbons (Fsp3) is 0.111. The molecule has 0 saturated carbocycles. The molecule has 0 unspecified atom stereocenters. The van der Waals surface area contributed by atoms with E-state index in [1.807, 2.05) is 84.9 Å². The van der Waals surface area contributed by atoms with E-state index in [2.05, 4.69) is 28.2 Å². The number of carbonyl (C=O) groups is 1. The summed E-state index contributed by atoms with van der Waals surface area (Å²) in [5, 5.41) is 5.64. The molecule has 6 nitrogen and oxygen atoms in total. The standard InChI is InChI=1S/C26H24N4O2.CH4S/c27-22-7-3-6-21(15-22)24-8-1-2-9-25(24)32-18-19-10-12-23(13-11-19)30-26(31)29-17-20-5-4-14-28-16-20;1-2/h1-16H,17-18,27H2,(H2,29,30,31);2H,1H3. The molecule has 7 heteroatoms. The molecular formula is C27H28N4O2S. The Morgan fingerprint density at radius 2 is 1.74 bits per heavy atom. The summed E-state index contributed by atoms with van der Waals surface area (Å²) in [6.45, 7) is 0.824. The van der Waals surface area contributed by atoms with E-state index >= 15 is 0 Å². The van der Waals surface area contributed by atoms with E-state index in [0.717, 1.165) is 28.0 Å². The average molecular weight is 473 g/mol. The molecule has 0 radical (unpaired) electrons. The SMILES string of the molecule is CS.Nc1cccc(-c2ccccc2OCc2ccc(NC(=O)NCc3cccnc3)cc2)c1. The lowest BCUT2D eigenvalue weighted by Crippen LogP contribution is -2.28. The third-order valence-electron chi connectivity index (χ3n) is 4.87. The van der Waals surface area contributed by atoms with Crippen LogP contribution in [0.5, 0.6) is 5.75 Å². The predicted molar refractivity (Wildman–Crippen MR) is 142 cm³/mol. The van der Waals surface area contributed by atoms with E-state index in [-0.39, 0.29) is 6.03 Å². The number of aromatic nitrogens is 1. The van der Waals surface area contributed by atoms with Crippen LogP contribution >= 0.6 is 12.6 Å². The van der Waals surface area contributed by atoms with Crippen LogP contribution in [0.2, 0.25) is 0 Å². The minimum Gasteiger partial charge on any atom is -0.488 e. The topological polar surface area (TPSA) is 89.3 Å². The van der Waals surface area contributed by atoms with Crippen molar-refractivity contribution in [1.82, 2.24) is 10.3 Å². The van der Waals surface area contributed by atoms with Gasteiger partial charge < -0.3 is 21.1 Å². The second-order valence-electron chi connectivity index (χ2n) is 7.28. The van der Waals surface area contributed by atoms with Gasteiger partial charge in [-0.15, -0.1) is 0 Å². The summed E-state index contributed by atoms with van der Waals surface area (Å²) >= 11 is 3.53. The Kier molecular flexibility index (Phi) is 9.37. The first-order valence-corrected chi connectivity index (χ1v) is 11.6. The van der Waals surface area contributed by atoms with Gasteiger partial charge in [0.1, 0.15) is 12.4 Å². The number of nitrogen functional groups attached to an aromatic ring is 1. The van der Waals surface area contributed by atoms with E-state index in [1.54, 1.807) is 18.6 Å². The van der Waals surface area contributed by atoms with Gasteiger partial charge in [-0.25, -0.2) is 4.79 Å². The molecule has 0 saturated heterocycles. The number of nitrogens with zero attached hydrogens (tertiary/aromatic N) is 1. The Labute approximate surface area is 205 Å². The van der Waals surface area contributed by atoms with Crippen LogP contribution in [0.3, 0.4) is 0 Å². The molecule has 174 valence electrons. The third-order valence-corrected chi connectivity index (χ3v) is 4.87. The zero-order chi connectivity index (χ0) is 24.2. The zero-order valence-electron chi connectivity index (χ0n) is 18.9. The van der Waals surface area contributed by atoms with Crippen molar-refractivity contribution in [3.05, 3.63) is 108 Å². The summed E-state index contributed by atoms with van der Waals surface area (Å²) in [7, 11) is 0. The van der Waals surface area contributed by atoms with Gasteiger partial charge in [-0.1, -0.05) is 48.5 Å². The van der Waals surface area contributed by atoms with Crippen LogP contribution in [-0.2, 0) is 13.2 Å². The summed E-state index contributed by atoms with van der Waals surface area (Å²) < 4.78 is 6.08. The van der Waals surface area contributed by atoms with Gasteiger partial charge in [0.2, 0.25) is 0 Å². The Bertz CT molecular complexity index is 1180. The van der Waals surface area contributed by atoms with Crippen molar-refractivity contribution in [3.63, 3.8) is 0 Å². The molecule has 1 aromatic heterocycles. The van der Waals surface area contributed by atoms with Crippen LogP contribution < -0.4 is 21.1 Å². The largest absolute Gasteiger partial charge is 0.488 e. The van der Waals surface area contributed by atoms with Crippen molar-refractivity contribution in [2.24, 2.45) is 0 Å². The quantitative estimate of drug-likeness (QED) is 0.203. The number of hydrogen-bond acceptors (Lipinski definition) is 5. The summed E-state index contributed by atoms with van der Waals surface area (Å²) in [5.74, 6) is 0.787. The number of benzene rings is 3. The van der Waals surface area contributed by atoms with Gasteiger partial charge >= 0.3 is 6.03 Å². The van der Waals surface area contributed by atoms with Gasteiger partial charge in [0, 0.05) is 35.9 Å². The van der Waals surface area contributed by atoms with Crippen molar-refractivity contribution in [2.75, 3.05) is 17.3 Å². The van der Waals surface area contributed by atoms with Crippen molar-refractivity contribution in [2.45, 2.75) is 13.2 Å². The number of amides is 2. The molecule has 0 aliphatic rings. The molecule has 0 aliphatic carbocycles. The highest BCUT2D eigenvalue weighted by Gasteiger charge is 2.07. The average Bonchev–Trinajstić information content (AvgIpc) is 2.89. The van der Waals surface area contributed by atoms with E-state index in [1.165, 1.54) is 0 Å². The number of para-hydroxylation sites is 1. The van der Waals surface area contributed by atoms with Gasteiger partial charge in [0.05, 0.1) is 0 Å². The highest BCUT2D eigenvalue weighted by atomic mass is 32.1. The molecule has 34 heavy (non-hydrogen) atoms. The third kappa shape index (κ3) is 7.28. The number of nitrogens with two attached hydrogens (primary N) is 1. The Hall–Kier alpha value is -3.97. The fourth-order valence-electron chi connectivity index (χ4n) is 3.24. The number of ether oxygens (including phenoxy) is 1. The van der Waals surface area contributed by atoms with Gasteiger partial charge in [0.25, 0.3) is 0 Å². The molecule has 0 spiro atoms. The molecule has 4 rings (SSSR count). The minimum atomic E-state index is -0.270. The van der Waals surface area contributed by atoms with Crippen LogP contribution in [0.15, 0.2) is 97.3 Å². The number of hydrogen-bond donors (Lipinski definition) is 4. The van der Waals surface area contributed by atoms with Crippen LogP contribution in [0, 0.1) is 0 Å². The summed E-state index contributed by atoms with van der Waals surface area (Å²) in [6.07, 6.45) is 5.12. The number of thiol groups is 1. The second-order valence-corrected chi connectivity index (χ2v) is 7.28. The van der Waals surface area contributed by atoms with Gasteiger partial charge in [0.15, 0.2) is 0 Å². The van der Waals surface area contributed by atoms with Crippen LogP contribution in [0.4, 0.5) is 16.2 Å². The van der Waals surface area contributed by atoms with E-state index < -0.39 is 0 Å². The Morgan fingerprint density at radius 1 is 0.941 bits per heavy atom. The smallest absolute Gasteiger partial charge is 0.319 e. The first kappa shape index (κ1) is 24.7. The number of pyridine rings is 1. The normalized spacial score (nSPS) is 9.94. The Morgan fingerprint density at radius 3 is 2.47 bits per heavy atom. The van der Waals surface area contributed by atoms with Crippen LogP contribution in [-0.4, -0.2) is 17.3 Å². The maximum absolute atomic E-state index is 12.1. The number of rotatable bonds is 7.